The van der Waals surface area contributed by atoms with Crippen LogP contribution in [0.25, 0.3) is 0 Å². The topological polar surface area (TPSA) is 12.4 Å². The highest BCUT2D eigenvalue weighted by molar-refractivity contribution is 8.00. The number of thioether (sulfide) groups is 1. The van der Waals surface area contributed by atoms with Crippen molar-refractivity contribution in [2.24, 2.45) is 10.9 Å². The summed E-state index contributed by atoms with van der Waals surface area (Å²) < 4.78 is 0. The van der Waals surface area contributed by atoms with E-state index < -0.39 is 0 Å². The summed E-state index contributed by atoms with van der Waals surface area (Å²) in [6, 6.07) is 0. The van der Waals surface area contributed by atoms with Crippen molar-refractivity contribution in [3.63, 3.8) is 0 Å². The first-order chi connectivity index (χ1) is 4.79. The second-order valence-electron chi connectivity index (χ2n) is 3.09. The fourth-order valence-corrected chi connectivity index (χ4v) is 1.86. The second kappa shape index (κ2) is 4.02. The zero-order chi connectivity index (χ0) is 7.40. The number of hydrogen-bond donors (Lipinski definition) is 0. The summed E-state index contributed by atoms with van der Waals surface area (Å²) in [4.78, 5) is 4.35. The van der Waals surface area contributed by atoms with E-state index in [0.29, 0.717) is 5.37 Å². The van der Waals surface area contributed by atoms with Crippen LogP contribution in [0.3, 0.4) is 0 Å². The van der Waals surface area contributed by atoms with Gasteiger partial charge >= 0.3 is 0 Å². The third-order valence-corrected chi connectivity index (χ3v) is 2.71. The minimum absolute atomic E-state index is 0.586. The molecule has 0 saturated carbocycles. The highest BCUT2D eigenvalue weighted by Gasteiger charge is 2.10. The maximum Gasteiger partial charge on any atom is 0.0951 e. The van der Waals surface area contributed by atoms with Crippen LogP contribution in [-0.2, 0) is 0 Å². The zero-order valence-electron chi connectivity index (χ0n) is 6.71. The Morgan fingerprint density at radius 2 is 2.50 bits per heavy atom. The van der Waals surface area contributed by atoms with Crippen molar-refractivity contribution in [1.29, 1.82) is 0 Å². The molecule has 0 aromatic heterocycles. The first kappa shape index (κ1) is 8.12. The molecule has 1 heterocycles. The Hall–Kier alpha value is 0.0200. The molecule has 0 aliphatic carbocycles. The molecule has 1 unspecified atom stereocenters. The largest absolute Gasteiger partial charge is 0.283 e. The Kier molecular flexibility index (Phi) is 3.26. The summed E-state index contributed by atoms with van der Waals surface area (Å²) in [5.74, 6) is 1.96. The summed E-state index contributed by atoms with van der Waals surface area (Å²) in [5.41, 5.74) is 0. The van der Waals surface area contributed by atoms with Crippen molar-refractivity contribution in [2.75, 3.05) is 5.75 Å². The van der Waals surface area contributed by atoms with Crippen LogP contribution in [0.15, 0.2) is 4.99 Å². The lowest BCUT2D eigenvalue weighted by molar-refractivity contribution is 0.552. The summed E-state index contributed by atoms with van der Waals surface area (Å²) in [5, 5.41) is 0.586. The average Bonchev–Trinajstić information content (AvgIpc) is 2.34. The van der Waals surface area contributed by atoms with Crippen LogP contribution in [0.4, 0.5) is 0 Å². The van der Waals surface area contributed by atoms with Gasteiger partial charge in [0, 0.05) is 12.0 Å². The molecular weight excluding hydrogens is 142 g/mol. The van der Waals surface area contributed by atoms with E-state index in [1.165, 1.54) is 12.8 Å². The van der Waals surface area contributed by atoms with Crippen LogP contribution >= 0.6 is 11.8 Å². The predicted molar refractivity (Wildman–Crippen MR) is 48.8 cm³/mol. The molecule has 1 rings (SSSR count). The Labute approximate surface area is 67.3 Å². The minimum Gasteiger partial charge on any atom is -0.283 e. The number of hydrogen-bond acceptors (Lipinski definition) is 2. The van der Waals surface area contributed by atoms with Gasteiger partial charge < -0.3 is 0 Å². The molecular formula is C8H15NS. The lowest BCUT2D eigenvalue weighted by Crippen LogP contribution is -1.97. The van der Waals surface area contributed by atoms with Crippen molar-refractivity contribution in [3.8, 4) is 0 Å². The highest BCUT2D eigenvalue weighted by atomic mass is 32.2. The molecule has 0 aromatic carbocycles. The van der Waals surface area contributed by atoms with E-state index in [0.717, 1.165) is 11.7 Å². The van der Waals surface area contributed by atoms with Crippen LogP contribution in [0.2, 0.25) is 0 Å². The minimum atomic E-state index is 0.586. The lowest BCUT2D eigenvalue weighted by Gasteiger charge is -2.07. The summed E-state index contributed by atoms with van der Waals surface area (Å²) >= 11 is 1.96. The molecule has 0 bridgehead atoms. The monoisotopic (exact) mass is 157 g/mol. The molecule has 0 N–H and O–H groups in total. The average molecular weight is 157 g/mol. The van der Waals surface area contributed by atoms with Gasteiger partial charge in [0.1, 0.15) is 0 Å². The Bertz CT molecular complexity index is 120. The molecule has 1 atom stereocenters. The first-order valence-corrected chi connectivity index (χ1v) is 4.97. The van der Waals surface area contributed by atoms with Gasteiger partial charge in [0.05, 0.1) is 5.37 Å². The van der Waals surface area contributed by atoms with Crippen LogP contribution in [-0.4, -0.2) is 17.3 Å². The summed E-state index contributed by atoms with van der Waals surface area (Å²) in [6.07, 6.45) is 4.61. The molecule has 0 fully saturated rings. The maximum atomic E-state index is 4.35. The van der Waals surface area contributed by atoms with Crippen LogP contribution < -0.4 is 0 Å². The van der Waals surface area contributed by atoms with Crippen molar-refractivity contribution >= 4 is 18.0 Å². The summed E-state index contributed by atoms with van der Waals surface area (Å²) in [6.45, 7) is 4.53. The molecule has 0 radical (unpaired) electrons. The Morgan fingerprint density at radius 3 is 3.00 bits per heavy atom. The molecule has 0 aromatic rings. The van der Waals surface area contributed by atoms with Gasteiger partial charge in [0.25, 0.3) is 0 Å². The first-order valence-electron chi connectivity index (χ1n) is 3.92. The normalized spacial score (nSPS) is 24.5. The third-order valence-electron chi connectivity index (χ3n) is 1.63. The Morgan fingerprint density at radius 1 is 1.70 bits per heavy atom. The van der Waals surface area contributed by atoms with Gasteiger partial charge in [-0.05, 0) is 18.8 Å². The molecule has 58 valence electrons. The van der Waals surface area contributed by atoms with Gasteiger partial charge in [-0.1, -0.05) is 13.8 Å². The zero-order valence-corrected chi connectivity index (χ0v) is 7.53. The van der Waals surface area contributed by atoms with Crippen molar-refractivity contribution in [3.05, 3.63) is 0 Å². The van der Waals surface area contributed by atoms with Crippen LogP contribution in [0.5, 0.6) is 0 Å². The van der Waals surface area contributed by atoms with Gasteiger partial charge in [-0.25, -0.2) is 0 Å². The van der Waals surface area contributed by atoms with E-state index in [2.05, 4.69) is 18.8 Å². The van der Waals surface area contributed by atoms with E-state index in [9.17, 15) is 0 Å². The lowest BCUT2D eigenvalue weighted by atomic mass is 10.1. The molecule has 1 aliphatic rings. The van der Waals surface area contributed by atoms with E-state index in [-0.39, 0.29) is 0 Å². The highest BCUT2D eigenvalue weighted by Crippen LogP contribution is 2.22. The number of nitrogens with zero attached hydrogens (tertiary/aromatic N) is 1. The van der Waals surface area contributed by atoms with E-state index in [1.54, 1.807) is 0 Å². The second-order valence-corrected chi connectivity index (χ2v) is 4.30. The standard InChI is InChI=1S/C8H15NS/c1-7(2)3-4-8-9-5-6-10-8/h5,7-8H,3-4,6H2,1-2H3. The smallest absolute Gasteiger partial charge is 0.0951 e. The molecule has 1 nitrogen and oxygen atoms in total. The van der Waals surface area contributed by atoms with Crippen molar-refractivity contribution in [2.45, 2.75) is 32.1 Å². The van der Waals surface area contributed by atoms with Gasteiger partial charge in [-0.2, -0.15) is 0 Å². The quantitative estimate of drug-likeness (QED) is 0.613. The predicted octanol–water partition coefficient (Wildman–Crippen LogP) is 2.57. The summed E-state index contributed by atoms with van der Waals surface area (Å²) in [7, 11) is 0. The van der Waals surface area contributed by atoms with Crippen LogP contribution in [0, 0.1) is 5.92 Å². The molecule has 1 aliphatic heterocycles. The SMILES string of the molecule is CC(C)CCC1N=CCS1. The van der Waals surface area contributed by atoms with Gasteiger partial charge in [0.2, 0.25) is 0 Å². The molecule has 0 spiro atoms. The van der Waals surface area contributed by atoms with E-state index in [4.69, 9.17) is 0 Å². The van der Waals surface area contributed by atoms with E-state index >= 15 is 0 Å². The molecule has 10 heavy (non-hydrogen) atoms. The maximum absolute atomic E-state index is 4.35. The van der Waals surface area contributed by atoms with Gasteiger partial charge in [0.15, 0.2) is 0 Å². The molecule has 0 saturated heterocycles. The molecule has 2 heteroatoms. The van der Waals surface area contributed by atoms with Crippen molar-refractivity contribution < 1.29 is 0 Å². The van der Waals surface area contributed by atoms with E-state index in [1.807, 2.05) is 18.0 Å². The van der Waals surface area contributed by atoms with Gasteiger partial charge in [-0.3, -0.25) is 4.99 Å². The number of rotatable bonds is 3. The fourth-order valence-electron chi connectivity index (χ4n) is 0.992. The van der Waals surface area contributed by atoms with Gasteiger partial charge in [-0.15, -0.1) is 11.8 Å². The molecule has 0 amide bonds. The third kappa shape index (κ3) is 2.74. The van der Waals surface area contributed by atoms with Crippen LogP contribution in [0.1, 0.15) is 26.7 Å². The number of aliphatic imine (C=N–C) groups is 1. The Balaban J connectivity index is 2.08. The fraction of sp³-hybridized carbons (Fsp3) is 0.875. The van der Waals surface area contributed by atoms with Crippen molar-refractivity contribution in [1.82, 2.24) is 0 Å².